The summed E-state index contributed by atoms with van der Waals surface area (Å²) < 4.78 is 15.9. The Hall–Kier alpha value is -2.18. The summed E-state index contributed by atoms with van der Waals surface area (Å²) in [7, 11) is 3.05. The average Bonchev–Trinajstić information content (AvgIpc) is 2.60. The summed E-state index contributed by atoms with van der Waals surface area (Å²) in [5.41, 5.74) is 1.62. The van der Waals surface area contributed by atoms with Gasteiger partial charge in [0.2, 0.25) is 0 Å². The van der Waals surface area contributed by atoms with Crippen molar-refractivity contribution in [3.8, 4) is 17.2 Å². The van der Waals surface area contributed by atoms with Gasteiger partial charge in [-0.3, -0.25) is 9.78 Å². The quantitative estimate of drug-likeness (QED) is 0.813. The van der Waals surface area contributed by atoms with Crippen LogP contribution in [0.4, 0.5) is 5.69 Å². The van der Waals surface area contributed by atoms with E-state index >= 15 is 0 Å². The first-order valence-corrected chi connectivity index (χ1v) is 8.09. The number of benzene rings is 1. The average molecular weight is 385 g/mol. The smallest absolute Gasteiger partial charge is 0.262 e. The fourth-order valence-electron chi connectivity index (χ4n) is 2.14. The molecule has 134 valence electrons. The third-order valence-electron chi connectivity index (χ3n) is 3.40. The lowest BCUT2D eigenvalue weighted by Crippen LogP contribution is -2.21. The van der Waals surface area contributed by atoms with Crippen molar-refractivity contribution in [2.24, 2.45) is 0 Å². The molecule has 1 N–H and O–H groups in total. The van der Waals surface area contributed by atoms with Crippen LogP contribution in [0.2, 0.25) is 10.0 Å². The van der Waals surface area contributed by atoms with Gasteiger partial charge in [0, 0.05) is 6.07 Å². The topological polar surface area (TPSA) is 69.7 Å². The van der Waals surface area contributed by atoms with Crippen molar-refractivity contribution in [1.82, 2.24) is 4.98 Å². The number of carbonyl (C=O) groups excluding carboxylic acids is 1. The number of methoxy groups -OCH3 is 2. The molecule has 2 aromatic rings. The highest BCUT2D eigenvalue weighted by molar-refractivity contribution is 6.37. The second-order valence-corrected chi connectivity index (χ2v) is 5.90. The Morgan fingerprint density at radius 3 is 2.32 bits per heavy atom. The molecular weight excluding hydrogens is 367 g/mol. The maximum atomic E-state index is 12.2. The van der Waals surface area contributed by atoms with Crippen molar-refractivity contribution in [2.45, 2.75) is 13.8 Å². The van der Waals surface area contributed by atoms with Crippen LogP contribution >= 0.6 is 23.2 Å². The molecule has 2 rings (SSSR count). The van der Waals surface area contributed by atoms with Crippen molar-refractivity contribution in [3.63, 3.8) is 0 Å². The van der Waals surface area contributed by atoms with Gasteiger partial charge in [0.15, 0.2) is 12.4 Å². The molecule has 1 heterocycles. The predicted molar refractivity (Wildman–Crippen MR) is 97.4 cm³/mol. The lowest BCUT2D eigenvalue weighted by molar-refractivity contribution is -0.118. The molecule has 0 saturated carbocycles. The molecule has 6 nitrogen and oxygen atoms in total. The minimum atomic E-state index is -0.397. The Bertz CT molecular complexity index is 770. The van der Waals surface area contributed by atoms with Crippen LogP contribution in [0.5, 0.6) is 17.2 Å². The highest BCUT2D eigenvalue weighted by Gasteiger charge is 2.16. The fourth-order valence-corrected chi connectivity index (χ4v) is 2.57. The molecule has 0 aliphatic carbocycles. The molecule has 0 bridgehead atoms. The van der Waals surface area contributed by atoms with E-state index in [9.17, 15) is 4.79 Å². The minimum Gasteiger partial charge on any atom is -0.497 e. The van der Waals surface area contributed by atoms with Crippen molar-refractivity contribution < 1.29 is 19.0 Å². The summed E-state index contributed by atoms with van der Waals surface area (Å²) >= 11 is 12.3. The summed E-state index contributed by atoms with van der Waals surface area (Å²) in [5.74, 6) is 0.927. The number of carbonyl (C=O) groups is 1. The molecule has 1 amide bonds. The van der Waals surface area contributed by atoms with Gasteiger partial charge >= 0.3 is 0 Å². The van der Waals surface area contributed by atoms with Gasteiger partial charge in [-0.25, -0.2) is 0 Å². The molecule has 8 heteroatoms. The Balaban J connectivity index is 2.12. The summed E-state index contributed by atoms with van der Waals surface area (Å²) in [5, 5.41) is 3.26. The number of halogens is 2. The van der Waals surface area contributed by atoms with E-state index in [0.29, 0.717) is 28.6 Å². The molecule has 25 heavy (non-hydrogen) atoms. The second-order valence-electron chi connectivity index (χ2n) is 5.14. The maximum absolute atomic E-state index is 12.2. The predicted octanol–water partition coefficient (Wildman–Crippen LogP) is 4.04. The molecule has 0 unspecified atom stereocenters. The van der Waals surface area contributed by atoms with Crippen molar-refractivity contribution >= 4 is 34.8 Å². The molecule has 0 aliphatic heterocycles. The van der Waals surface area contributed by atoms with Crippen LogP contribution in [-0.4, -0.2) is 31.7 Å². The maximum Gasteiger partial charge on any atom is 0.262 e. The molecule has 0 saturated heterocycles. The van der Waals surface area contributed by atoms with E-state index in [1.165, 1.54) is 14.2 Å². The Morgan fingerprint density at radius 2 is 1.76 bits per heavy atom. The Kier molecular flexibility index (Phi) is 6.33. The standard InChI is InChI=1S/C17H18Cl2N2O4/c1-9-15(18)17(16(19)10(2)20-9)25-8-14(22)21-12-7-11(23-3)5-6-13(12)24-4/h5-7H,8H2,1-4H3,(H,21,22). The lowest BCUT2D eigenvalue weighted by Gasteiger charge is -2.14. The zero-order valence-electron chi connectivity index (χ0n) is 14.3. The number of hydrogen-bond donors (Lipinski definition) is 1. The van der Waals surface area contributed by atoms with Crippen LogP contribution < -0.4 is 19.5 Å². The first kappa shape index (κ1) is 19.1. The van der Waals surface area contributed by atoms with Crippen LogP contribution in [0.3, 0.4) is 0 Å². The molecule has 0 fully saturated rings. The zero-order chi connectivity index (χ0) is 18.6. The Morgan fingerprint density at radius 1 is 1.12 bits per heavy atom. The van der Waals surface area contributed by atoms with Gasteiger partial charge in [0.1, 0.15) is 21.5 Å². The Labute approximate surface area is 156 Å². The summed E-state index contributed by atoms with van der Waals surface area (Å²) in [6.45, 7) is 3.20. The van der Waals surface area contributed by atoms with Gasteiger partial charge in [-0.05, 0) is 26.0 Å². The van der Waals surface area contributed by atoms with Gasteiger partial charge in [-0.1, -0.05) is 23.2 Å². The van der Waals surface area contributed by atoms with Crippen LogP contribution in [0.15, 0.2) is 18.2 Å². The summed E-state index contributed by atoms with van der Waals surface area (Å²) in [6, 6.07) is 5.07. The van der Waals surface area contributed by atoms with E-state index in [2.05, 4.69) is 10.3 Å². The molecular formula is C17H18Cl2N2O4. The molecule has 0 spiro atoms. The monoisotopic (exact) mass is 384 g/mol. The number of nitrogens with one attached hydrogen (secondary N) is 1. The van der Waals surface area contributed by atoms with Crippen molar-refractivity contribution in [2.75, 3.05) is 26.1 Å². The first-order valence-electron chi connectivity index (χ1n) is 7.34. The highest BCUT2D eigenvalue weighted by atomic mass is 35.5. The number of pyridine rings is 1. The third kappa shape index (κ3) is 4.46. The second kappa shape index (κ2) is 8.27. The van der Waals surface area contributed by atoms with Crippen LogP contribution in [0, 0.1) is 13.8 Å². The number of aryl methyl sites for hydroxylation is 2. The van der Waals surface area contributed by atoms with Gasteiger partial charge in [-0.2, -0.15) is 0 Å². The number of hydrogen-bond acceptors (Lipinski definition) is 5. The van der Waals surface area contributed by atoms with Crippen LogP contribution in [0.1, 0.15) is 11.4 Å². The number of anilines is 1. The van der Waals surface area contributed by atoms with Crippen LogP contribution in [0.25, 0.3) is 0 Å². The third-order valence-corrected chi connectivity index (χ3v) is 4.29. The molecule has 0 radical (unpaired) electrons. The number of rotatable bonds is 6. The fraction of sp³-hybridized carbons (Fsp3) is 0.294. The van der Waals surface area contributed by atoms with Gasteiger partial charge in [0.25, 0.3) is 5.91 Å². The van der Waals surface area contributed by atoms with E-state index in [-0.39, 0.29) is 22.4 Å². The van der Waals surface area contributed by atoms with E-state index in [0.717, 1.165) is 0 Å². The number of aromatic nitrogens is 1. The molecule has 0 aliphatic rings. The van der Waals surface area contributed by atoms with Gasteiger partial charge < -0.3 is 19.5 Å². The van der Waals surface area contributed by atoms with Crippen LogP contribution in [-0.2, 0) is 4.79 Å². The largest absolute Gasteiger partial charge is 0.497 e. The SMILES string of the molecule is COc1ccc(OC)c(NC(=O)COc2c(Cl)c(C)nc(C)c2Cl)c1. The lowest BCUT2D eigenvalue weighted by atomic mass is 10.2. The zero-order valence-corrected chi connectivity index (χ0v) is 15.8. The van der Waals surface area contributed by atoms with E-state index < -0.39 is 5.91 Å². The summed E-state index contributed by atoms with van der Waals surface area (Å²) in [4.78, 5) is 16.4. The normalized spacial score (nSPS) is 10.3. The molecule has 0 atom stereocenters. The highest BCUT2D eigenvalue weighted by Crippen LogP contribution is 2.36. The van der Waals surface area contributed by atoms with Crippen molar-refractivity contribution in [1.29, 1.82) is 0 Å². The molecule has 1 aromatic carbocycles. The van der Waals surface area contributed by atoms with E-state index in [4.69, 9.17) is 37.4 Å². The van der Waals surface area contributed by atoms with E-state index in [1.54, 1.807) is 32.0 Å². The number of nitrogens with zero attached hydrogens (tertiary/aromatic N) is 1. The van der Waals surface area contributed by atoms with Gasteiger partial charge in [0.05, 0.1) is 31.3 Å². The molecule has 1 aromatic heterocycles. The van der Waals surface area contributed by atoms with E-state index in [1.807, 2.05) is 0 Å². The van der Waals surface area contributed by atoms with Gasteiger partial charge in [-0.15, -0.1) is 0 Å². The first-order chi connectivity index (χ1) is 11.9. The number of amides is 1. The summed E-state index contributed by atoms with van der Waals surface area (Å²) in [6.07, 6.45) is 0. The van der Waals surface area contributed by atoms with Crippen molar-refractivity contribution in [3.05, 3.63) is 39.6 Å². The minimum absolute atomic E-state index is 0.237. The number of ether oxygens (including phenoxy) is 3.